The van der Waals surface area contributed by atoms with Crippen LogP contribution >= 0.6 is 0 Å². The molecule has 1 amide bonds. The summed E-state index contributed by atoms with van der Waals surface area (Å²) in [5.74, 6) is 1.03. The van der Waals surface area contributed by atoms with E-state index in [0.29, 0.717) is 24.1 Å². The minimum absolute atomic E-state index is 0.186. The minimum Gasteiger partial charge on any atom is -0.348 e. The lowest BCUT2D eigenvalue weighted by Gasteiger charge is -2.35. The monoisotopic (exact) mass is 396 g/mol. The molecule has 1 aliphatic rings. The number of aryl methyl sites for hydroxylation is 1. The van der Waals surface area contributed by atoms with Crippen LogP contribution in [-0.2, 0) is 13.1 Å². The van der Waals surface area contributed by atoms with Gasteiger partial charge in [0.25, 0.3) is 11.6 Å². The zero-order valence-corrected chi connectivity index (χ0v) is 17.2. The summed E-state index contributed by atoms with van der Waals surface area (Å²) >= 11 is 0. The van der Waals surface area contributed by atoms with Crippen LogP contribution in [0.1, 0.15) is 47.4 Å². The summed E-state index contributed by atoms with van der Waals surface area (Å²) in [6, 6.07) is 9.38. The van der Waals surface area contributed by atoms with E-state index >= 15 is 0 Å². The van der Waals surface area contributed by atoms with Gasteiger partial charge >= 0.3 is 0 Å². The zero-order chi connectivity index (χ0) is 21.0. The molecule has 154 valence electrons. The van der Waals surface area contributed by atoms with E-state index in [2.05, 4.69) is 35.1 Å². The van der Waals surface area contributed by atoms with Gasteiger partial charge in [-0.05, 0) is 36.3 Å². The maximum atomic E-state index is 12.6. The van der Waals surface area contributed by atoms with Crippen molar-refractivity contribution in [1.29, 1.82) is 0 Å². The molecule has 0 spiro atoms. The molecule has 1 aliphatic heterocycles. The summed E-state index contributed by atoms with van der Waals surface area (Å²) in [5, 5.41) is 13.9. The van der Waals surface area contributed by atoms with E-state index in [1.54, 1.807) is 6.92 Å². The maximum absolute atomic E-state index is 12.6. The van der Waals surface area contributed by atoms with E-state index < -0.39 is 4.92 Å². The van der Waals surface area contributed by atoms with Gasteiger partial charge in [0.15, 0.2) is 0 Å². The molecule has 0 bridgehead atoms. The Bertz CT molecular complexity index is 889. The first-order valence-corrected chi connectivity index (χ1v) is 10.0. The number of aromatic nitrogens is 1. The van der Waals surface area contributed by atoms with Crippen molar-refractivity contribution in [3.63, 3.8) is 0 Å². The van der Waals surface area contributed by atoms with Gasteiger partial charge in [-0.15, -0.1) is 0 Å². The number of piperidine rings is 1. The number of rotatable bonds is 6. The normalized spacial score (nSPS) is 19.7. The van der Waals surface area contributed by atoms with Gasteiger partial charge in [0.2, 0.25) is 0 Å². The van der Waals surface area contributed by atoms with Gasteiger partial charge in [-0.2, -0.15) is 0 Å². The topological polar surface area (TPSA) is 88.4 Å². The molecule has 7 nitrogen and oxygen atoms in total. The fourth-order valence-corrected chi connectivity index (χ4v) is 4.17. The van der Waals surface area contributed by atoms with Crippen LogP contribution in [0.4, 0.5) is 5.69 Å². The van der Waals surface area contributed by atoms with E-state index in [-0.39, 0.29) is 17.2 Å². The number of nitrogens with one attached hydrogen (secondary N) is 1. The zero-order valence-electron chi connectivity index (χ0n) is 17.2. The van der Waals surface area contributed by atoms with Crippen molar-refractivity contribution in [3.8, 4) is 0 Å². The molecule has 1 fully saturated rings. The van der Waals surface area contributed by atoms with Gasteiger partial charge < -0.3 is 5.32 Å². The van der Waals surface area contributed by atoms with Crippen molar-refractivity contribution in [2.45, 2.75) is 40.3 Å². The molecule has 3 rings (SSSR count). The predicted octanol–water partition coefficient (Wildman–Crippen LogP) is 3.71. The van der Waals surface area contributed by atoms with E-state index in [9.17, 15) is 14.9 Å². The number of nitro groups is 1. The Morgan fingerprint density at radius 1 is 1.24 bits per heavy atom. The van der Waals surface area contributed by atoms with Crippen molar-refractivity contribution >= 4 is 11.6 Å². The number of nitrogens with zero attached hydrogens (tertiary/aromatic N) is 3. The Balaban J connectivity index is 1.69. The van der Waals surface area contributed by atoms with Crippen LogP contribution in [0.25, 0.3) is 0 Å². The second-order valence-corrected chi connectivity index (χ2v) is 8.18. The highest BCUT2D eigenvalue weighted by Gasteiger charge is 2.22. The minimum atomic E-state index is -0.543. The number of amides is 1. The van der Waals surface area contributed by atoms with Crippen molar-refractivity contribution in [2.24, 2.45) is 11.8 Å². The van der Waals surface area contributed by atoms with Crippen LogP contribution < -0.4 is 5.32 Å². The van der Waals surface area contributed by atoms with Crippen LogP contribution in [0.3, 0.4) is 0 Å². The van der Waals surface area contributed by atoms with Crippen LogP contribution in [0.2, 0.25) is 0 Å². The van der Waals surface area contributed by atoms with Crippen molar-refractivity contribution < 1.29 is 9.72 Å². The van der Waals surface area contributed by atoms with Crippen LogP contribution in [0.15, 0.2) is 36.5 Å². The molecule has 2 aromatic rings. The molecule has 29 heavy (non-hydrogen) atoms. The summed E-state index contributed by atoms with van der Waals surface area (Å²) in [6.45, 7) is 9.67. The molecule has 1 N–H and O–H groups in total. The number of benzene rings is 1. The highest BCUT2D eigenvalue weighted by molar-refractivity contribution is 5.95. The summed E-state index contributed by atoms with van der Waals surface area (Å²) in [7, 11) is 0. The number of hydrogen-bond acceptors (Lipinski definition) is 5. The predicted molar refractivity (Wildman–Crippen MR) is 111 cm³/mol. The first kappa shape index (κ1) is 20.9. The number of carbonyl (C=O) groups is 1. The summed E-state index contributed by atoms with van der Waals surface area (Å²) < 4.78 is 0. The lowest BCUT2D eigenvalue weighted by Crippen LogP contribution is -2.38. The number of likely N-dealkylation sites (tertiary alicyclic amines) is 1. The highest BCUT2D eigenvalue weighted by atomic mass is 16.6. The first-order chi connectivity index (χ1) is 13.8. The van der Waals surface area contributed by atoms with Crippen LogP contribution in [0, 0.1) is 28.9 Å². The SMILES string of the molecule is Cc1ncc([N+](=O)[O-])cc1C(=O)NCc1ccccc1CN1C[C@H](C)C[C@H](C)C1. The Morgan fingerprint density at radius 2 is 1.90 bits per heavy atom. The summed E-state index contributed by atoms with van der Waals surface area (Å²) in [4.78, 5) is 29.5. The lowest BCUT2D eigenvalue weighted by atomic mass is 9.91. The highest BCUT2D eigenvalue weighted by Crippen LogP contribution is 2.23. The van der Waals surface area contributed by atoms with Gasteiger partial charge in [0.05, 0.1) is 16.2 Å². The van der Waals surface area contributed by atoms with Crippen LogP contribution in [0.5, 0.6) is 0 Å². The van der Waals surface area contributed by atoms with Gasteiger partial charge in [-0.25, -0.2) is 0 Å². The Hall–Kier alpha value is -2.80. The fourth-order valence-electron chi connectivity index (χ4n) is 4.17. The molecule has 2 atom stereocenters. The van der Waals surface area contributed by atoms with Gasteiger partial charge in [0.1, 0.15) is 6.20 Å². The lowest BCUT2D eigenvalue weighted by molar-refractivity contribution is -0.385. The third-order valence-corrected chi connectivity index (χ3v) is 5.42. The molecule has 7 heteroatoms. The van der Waals surface area contributed by atoms with E-state index in [0.717, 1.165) is 25.2 Å². The number of carbonyl (C=O) groups excluding carboxylic acids is 1. The standard InChI is InChI=1S/C22H28N4O3/c1-15-8-16(2)13-25(12-15)14-19-7-5-4-6-18(19)10-24-22(27)21-9-20(26(28)29)11-23-17(21)3/h4-7,9,11,15-16H,8,10,12-14H2,1-3H3,(H,24,27)/t15-,16+. The molecule has 1 saturated heterocycles. The molecule has 0 aliphatic carbocycles. The summed E-state index contributed by atoms with van der Waals surface area (Å²) in [5.41, 5.74) is 2.77. The van der Waals surface area contributed by atoms with Crippen molar-refractivity contribution in [1.82, 2.24) is 15.2 Å². The number of hydrogen-bond donors (Lipinski definition) is 1. The molecule has 1 aromatic carbocycles. The Kier molecular flexibility index (Phi) is 6.59. The average Bonchev–Trinajstić information content (AvgIpc) is 2.66. The van der Waals surface area contributed by atoms with E-state index in [1.165, 1.54) is 24.2 Å². The van der Waals surface area contributed by atoms with Gasteiger partial charge in [-0.3, -0.25) is 24.8 Å². The molecule has 2 heterocycles. The van der Waals surface area contributed by atoms with E-state index in [1.807, 2.05) is 18.2 Å². The third-order valence-electron chi connectivity index (χ3n) is 5.42. The largest absolute Gasteiger partial charge is 0.348 e. The second kappa shape index (κ2) is 9.13. The fraction of sp³-hybridized carbons (Fsp3) is 0.455. The molecule has 0 unspecified atom stereocenters. The van der Waals surface area contributed by atoms with E-state index in [4.69, 9.17) is 0 Å². The smallest absolute Gasteiger partial charge is 0.288 e. The second-order valence-electron chi connectivity index (χ2n) is 8.18. The Labute approximate surface area is 171 Å². The van der Waals surface area contributed by atoms with Crippen molar-refractivity contribution in [2.75, 3.05) is 13.1 Å². The van der Waals surface area contributed by atoms with Crippen LogP contribution in [-0.4, -0.2) is 33.8 Å². The third kappa shape index (κ3) is 5.38. The number of pyridine rings is 1. The molecule has 0 radical (unpaired) electrons. The van der Waals surface area contributed by atoms with Crippen molar-refractivity contribution in [3.05, 3.63) is 69.0 Å². The molecular weight excluding hydrogens is 368 g/mol. The molecular formula is C22H28N4O3. The maximum Gasteiger partial charge on any atom is 0.288 e. The van der Waals surface area contributed by atoms with Gasteiger partial charge in [0, 0.05) is 32.2 Å². The quantitative estimate of drug-likeness (QED) is 0.594. The Morgan fingerprint density at radius 3 is 2.55 bits per heavy atom. The average molecular weight is 396 g/mol. The summed E-state index contributed by atoms with van der Waals surface area (Å²) in [6.07, 6.45) is 2.44. The van der Waals surface area contributed by atoms with Gasteiger partial charge in [-0.1, -0.05) is 38.1 Å². The molecule has 0 saturated carbocycles. The molecule has 1 aromatic heterocycles. The first-order valence-electron chi connectivity index (χ1n) is 10.0.